The number of hydrogen-bond acceptors (Lipinski definition) is 3. The summed E-state index contributed by atoms with van der Waals surface area (Å²) in [5.41, 5.74) is 1.50. The molecular weight excluding hydrogens is 232 g/mol. The molecule has 0 saturated carbocycles. The van der Waals surface area contributed by atoms with Crippen LogP contribution < -0.4 is 0 Å². The number of carboxylic acids is 1. The van der Waals surface area contributed by atoms with Crippen molar-refractivity contribution in [2.45, 2.75) is 20.4 Å². The molecule has 18 heavy (non-hydrogen) atoms. The number of benzene rings is 1. The maximum atomic E-state index is 10.9. The van der Waals surface area contributed by atoms with Gasteiger partial charge in [-0.05, 0) is 18.2 Å². The maximum absolute atomic E-state index is 10.9. The number of aliphatic hydroxyl groups excluding tert-OH is 1. The van der Waals surface area contributed by atoms with Crippen LogP contribution in [0, 0.1) is 5.41 Å². The first kappa shape index (κ1) is 12.6. The second-order valence-corrected chi connectivity index (χ2v) is 5.20. The standard InChI is InChI=1S/C13H16N2O3/c1-13(2,7-16)6-15-8-14-10-4-3-9(12(17)18)5-11(10)15/h3-5,8,16H,6-7H2,1-2H3,(H,17,18). The van der Waals surface area contributed by atoms with E-state index >= 15 is 0 Å². The van der Waals surface area contributed by atoms with Crippen molar-refractivity contribution >= 4 is 17.0 Å². The molecule has 1 aromatic heterocycles. The molecule has 0 spiro atoms. The molecule has 2 N–H and O–H groups in total. The topological polar surface area (TPSA) is 75.3 Å². The van der Waals surface area contributed by atoms with Crippen LogP contribution in [0.5, 0.6) is 0 Å². The van der Waals surface area contributed by atoms with Gasteiger partial charge in [0.1, 0.15) is 0 Å². The van der Waals surface area contributed by atoms with E-state index in [0.29, 0.717) is 6.54 Å². The smallest absolute Gasteiger partial charge is 0.335 e. The first-order valence-corrected chi connectivity index (χ1v) is 5.72. The molecule has 0 aliphatic heterocycles. The summed E-state index contributed by atoms with van der Waals surface area (Å²) in [6.45, 7) is 4.54. The maximum Gasteiger partial charge on any atom is 0.335 e. The summed E-state index contributed by atoms with van der Waals surface area (Å²) in [6.07, 6.45) is 1.67. The number of imidazole rings is 1. The predicted molar refractivity (Wildman–Crippen MR) is 67.6 cm³/mol. The van der Waals surface area contributed by atoms with Crippen LogP contribution in [0.4, 0.5) is 0 Å². The Morgan fingerprint density at radius 1 is 1.44 bits per heavy atom. The molecule has 0 saturated heterocycles. The SMILES string of the molecule is CC(C)(CO)Cn1cnc2ccc(C(=O)O)cc21. The van der Waals surface area contributed by atoms with E-state index in [4.69, 9.17) is 5.11 Å². The highest BCUT2D eigenvalue weighted by atomic mass is 16.4. The second-order valence-electron chi connectivity index (χ2n) is 5.20. The van der Waals surface area contributed by atoms with E-state index in [0.717, 1.165) is 11.0 Å². The summed E-state index contributed by atoms with van der Waals surface area (Å²) < 4.78 is 1.87. The predicted octanol–water partition coefficient (Wildman–Crippen LogP) is 1.75. The van der Waals surface area contributed by atoms with Gasteiger partial charge in [0.15, 0.2) is 0 Å². The van der Waals surface area contributed by atoms with Crippen LogP contribution in [0.25, 0.3) is 11.0 Å². The van der Waals surface area contributed by atoms with Crippen molar-refractivity contribution in [3.8, 4) is 0 Å². The zero-order valence-electron chi connectivity index (χ0n) is 10.4. The van der Waals surface area contributed by atoms with Gasteiger partial charge in [-0.3, -0.25) is 0 Å². The van der Waals surface area contributed by atoms with Crippen LogP contribution >= 0.6 is 0 Å². The van der Waals surface area contributed by atoms with Crippen LogP contribution in [0.15, 0.2) is 24.5 Å². The van der Waals surface area contributed by atoms with Crippen LogP contribution in [0.1, 0.15) is 24.2 Å². The van der Waals surface area contributed by atoms with Crippen molar-refractivity contribution < 1.29 is 15.0 Å². The van der Waals surface area contributed by atoms with Gasteiger partial charge >= 0.3 is 5.97 Å². The van der Waals surface area contributed by atoms with E-state index in [9.17, 15) is 9.90 Å². The molecule has 2 aromatic rings. The van der Waals surface area contributed by atoms with Crippen molar-refractivity contribution in [1.82, 2.24) is 9.55 Å². The fourth-order valence-electron chi connectivity index (χ4n) is 1.83. The third-order valence-corrected chi connectivity index (χ3v) is 2.89. The van der Waals surface area contributed by atoms with Crippen molar-refractivity contribution in [2.75, 3.05) is 6.61 Å². The molecular formula is C13H16N2O3. The molecule has 0 atom stereocenters. The highest BCUT2D eigenvalue weighted by Gasteiger charge is 2.18. The largest absolute Gasteiger partial charge is 0.478 e. The Bertz CT molecular complexity index is 587. The number of nitrogens with zero attached hydrogens (tertiary/aromatic N) is 2. The lowest BCUT2D eigenvalue weighted by Crippen LogP contribution is -2.23. The number of carbonyl (C=O) groups is 1. The van der Waals surface area contributed by atoms with Gasteiger partial charge in [-0.25, -0.2) is 9.78 Å². The minimum absolute atomic E-state index is 0.0608. The van der Waals surface area contributed by atoms with E-state index < -0.39 is 5.97 Å². The molecule has 2 rings (SSSR count). The summed E-state index contributed by atoms with van der Waals surface area (Å²) in [5.74, 6) is -0.953. The molecule has 5 nitrogen and oxygen atoms in total. The molecule has 0 aliphatic rings. The van der Waals surface area contributed by atoms with Crippen molar-refractivity contribution in [1.29, 1.82) is 0 Å². The molecule has 0 radical (unpaired) electrons. The van der Waals surface area contributed by atoms with Crippen molar-refractivity contribution in [3.63, 3.8) is 0 Å². The number of carboxylic acid groups (broad SMARTS) is 1. The highest BCUT2D eigenvalue weighted by molar-refractivity contribution is 5.92. The summed E-state index contributed by atoms with van der Waals surface area (Å²) in [4.78, 5) is 15.2. The molecule has 0 unspecified atom stereocenters. The third-order valence-electron chi connectivity index (χ3n) is 2.89. The molecule has 0 amide bonds. The molecule has 1 aromatic carbocycles. The Kier molecular flexibility index (Phi) is 3.09. The Labute approximate surface area is 105 Å². The summed E-state index contributed by atoms with van der Waals surface area (Å²) in [7, 11) is 0. The Morgan fingerprint density at radius 2 is 2.17 bits per heavy atom. The molecule has 0 bridgehead atoms. The van der Waals surface area contributed by atoms with Gasteiger partial charge < -0.3 is 14.8 Å². The molecule has 1 heterocycles. The van der Waals surface area contributed by atoms with Crippen LogP contribution in [-0.2, 0) is 6.54 Å². The lowest BCUT2D eigenvalue weighted by atomic mass is 9.95. The van der Waals surface area contributed by atoms with Crippen LogP contribution in [-0.4, -0.2) is 32.3 Å². The number of rotatable bonds is 4. The van der Waals surface area contributed by atoms with Gasteiger partial charge in [-0.1, -0.05) is 13.8 Å². The van der Waals surface area contributed by atoms with E-state index in [2.05, 4.69) is 4.98 Å². The highest BCUT2D eigenvalue weighted by Crippen LogP contribution is 2.21. The fourth-order valence-corrected chi connectivity index (χ4v) is 1.83. The van der Waals surface area contributed by atoms with E-state index in [1.807, 2.05) is 18.4 Å². The lowest BCUT2D eigenvalue weighted by molar-refractivity contribution is 0.0697. The third kappa shape index (κ3) is 2.36. The van der Waals surface area contributed by atoms with Gasteiger partial charge in [0.05, 0.1) is 22.9 Å². The minimum Gasteiger partial charge on any atom is -0.478 e. The number of hydrogen-bond donors (Lipinski definition) is 2. The molecule has 0 aliphatic carbocycles. The zero-order valence-corrected chi connectivity index (χ0v) is 10.4. The lowest BCUT2D eigenvalue weighted by Gasteiger charge is -2.22. The monoisotopic (exact) mass is 248 g/mol. The molecule has 5 heteroatoms. The average Bonchev–Trinajstić information content (AvgIpc) is 2.71. The Morgan fingerprint density at radius 3 is 2.78 bits per heavy atom. The van der Waals surface area contributed by atoms with Gasteiger partial charge in [-0.15, -0.1) is 0 Å². The molecule has 96 valence electrons. The first-order chi connectivity index (χ1) is 8.43. The summed E-state index contributed by atoms with van der Waals surface area (Å²) in [5, 5.41) is 18.3. The van der Waals surface area contributed by atoms with E-state index in [1.54, 1.807) is 24.5 Å². The number of aromatic nitrogens is 2. The normalized spacial score (nSPS) is 11.9. The van der Waals surface area contributed by atoms with Crippen molar-refractivity contribution in [2.24, 2.45) is 5.41 Å². The number of fused-ring (bicyclic) bond motifs is 1. The van der Waals surface area contributed by atoms with Gasteiger partial charge in [0.25, 0.3) is 0 Å². The second kappa shape index (κ2) is 4.42. The fraction of sp³-hybridized carbons (Fsp3) is 0.385. The molecule has 0 fully saturated rings. The number of aliphatic hydroxyl groups is 1. The first-order valence-electron chi connectivity index (χ1n) is 5.72. The number of aromatic carboxylic acids is 1. The van der Waals surface area contributed by atoms with E-state index in [-0.39, 0.29) is 17.6 Å². The Hall–Kier alpha value is -1.88. The van der Waals surface area contributed by atoms with Gasteiger partial charge in [0.2, 0.25) is 0 Å². The van der Waals surface area contributed by atoms with Crippen LogP contribution in [0.3, 0.4) is 0 Å². The van der Waals surface area contributed by atoms with E-state index in [1.165, 1.54) is 0 Å². The van der Waals surface area contributed by atoms with Gasteiger partial charge in [0, 0.05) is 18.6 Å². The minimum atomic E-state index is -0.953. The summed E-state index contributed by atoms with van der Waals surface area (Å²) >= 11 is 0. The Balaban J connectivity index is 2.45. The average molecular weight is 248 g/mol. The summed E-state index contributed by atoms with van der Waals surface area (Å²) in [6, 6.07) is 4.85. The van der Waals surface area contributed by atoms with Crippen LogP contribution in [0.2, 0.25) is 0 Å². The van der Waals surface area contributed by atoms with Gasteiger partial charge in [-0.2, -0.15) is 0 Å². The quantitative estimate of drug-likeness (QED) is 0.864. The van der Waals surface area contributed by atoms with Crippen molar-refractivity contribution in [3.05, 3.63) is 30.1 Å². The zero-order chi connectivity index (χ0) is 13.3.